The molecule has 0 saturated carbocycles. The second kappa shape index (κ2) is 9.05. The Bertz CT molecular complexity index is 1150. The number of benzene rings is 1. The Labute approximate surface area is 213 Å². The first-order chi connectivity index (χ1) is 17.2. The number of piperidine rings is 1. The van der Waals surface area contributed by atoms with Crippen LogP contribution in [0.5, 0.6) is 11.5 Å². The van der Waals surface area contributed by atoms with Crippen LogP contribution in [-0.2, 0) is 16.1 Å². The van der Waals surface area contributed by atoms with E-state index in [0.29, 0.717) is 45.4 Å². The topological polar surface area (TPSA) is 71.6 Å². The second-order valence-corrected chi connectivity index (χ2v) is 10.3. The Hall–Kier alpha value is -3.16. The maximum Gasteiger partial charge on any atom is 0.325 e. The van der Waals surface area contributed by atoms with Crippen LogP contribution in [0.15, 0.2) is 35.2 Å². The number of ether oxygens (including phenoxy) is 3. The summed E-state index contributed by atoms with van der Waals surface area (Å²) in [5.41, 5.74) is 3.56. The van der Waals surface area contributed by atoms with Crippen molar-refractivity contribution in [1.29, 1.82) is 0 Å². The van der Waals surface area contributed by atoms with Crippen LogP contribution in [0.2, 0.25) is 0 Å². The first-order valence-corrected chi connectivity index (χ1v) is 13.0. The molecule has 4 aliphatic heterocycles. The Morgan fingerprint density at radius 2 is 1.89 bits per heavy atom. The van der Waals surface area contributed by atoms with Gasteiger partial charge in [0.1, 0.15) is 17.3 Å². The van der Waals surface area contributed by atoms with Crippen molar-refractivity contribution in [1.82, 2.24) is 14.7 Å². The minimum atomic E-state index is -0.418. The number of hydrogen-bond acceptors (Lipinski definition) is 5. The summed E-state index contributed by atoms with van der Waals surface area (Å²) in [5.74, 6) is 2.38. The van der Waals surface area contributed by atoms with Crippen LogP contribution < -0.4 is 9.47 Å². The van der Waals surface area contributed by atoms with Crippen molar-refractivity contribution >= 4 is 11.9 Å². The molecule has 194 valence electrons. The first kappa shape index (κ1) is 24.5. The summed E-state index contributed by atoms with van der Waals surface area (Å²) < 4.78 is 17.0. The SMILES string of the molecule is CCN1C(=O)N2Cc3cc(OC)cc(OC)c3[C@@H](C)C=C2C12CCN(C(=O)C1=C(C)OC(C)C1)CC2. The third kappa shape index (κ3) is 3.64. The highest BCUT2D eigenvalue weighted by Crippen LogP contribution is 2.49. The van der Waals surface area contributed by atoms with Gasteiger partial charge in [-0.15, -0.1) is 0 Å². The standard InChI is InChI=1S/C28H37N3O5/c1-7-31-27(33)30-16-20-14-21(34-5)15-23(35-6)25(20)17(2)12-24(30)28(31)8-10-29(11-9-28)26(32)22-13-18(3)36-19(22)4/h12,14-15,17-18H,7-11,13,16H2,1-6H3/t17-,18?/m0/s1. The summed E-state index contributed by atoms with van der Waals surface area (Å²) in [5, 5.41) is 0. The highest BCUT2D eigenvalue weighted by atomic mass is 16.5. The molecule has 1 unspecified atom stereocenters. The smallest absolute Gasteiger partial charge is 0.325 e. The molecule has 3 amide bonds. The molecule has 8 nitrogen and oxygen atoms in total. The fourth-order valence-electron chi connectivity index (χ4n) is 6.62. The van der Waals surface area contributed by atoms with Gasteiger partial charge in [0.15, 0.2) is 0 Å². The van der Waals surface area contributed by atoms with Gasteiger partial charge in [0.2, 0.25) is 0 Å². The molecule has 4 aliphatic rings. The molecule has 0 N–H and O–H groups in total. The van der Waals surface area contributed by atoms with Crippen molar-refractivity contribution < 1.29 is 23.8 Å². The molecule has 2 fully saturated rings. The largest absolute Gasteiger partial charge is 0.497 e. The molecule has 2 atom stereocenters. The monoisotopic (exact) mass is 495 g/mol. The third-order valence-corrected chi connectivity index (χ3v) is 8.34. The fraction of sp³-hybridized carbons (Fsp3) is 0.571. The van der Waals surface area contributed by atoms with E-state index < -0.39 is 5.54 Å². The molecule has 1 aromatic carbocycles. The van der Waals surface area contributed by atoms with Crippen LogP contribution in [0.25, 0.3) is 0 Å². The summed E-state index contributed by atoms with van der Waals surface area (Å²) in [7, 11) is 3.32. The number of rotatable bonds is 4. The Balaban J connectivity index is 1.47. The number of fused-ring (bicyclic) bond motifs is 3. The minimum Gasteiger partial charge on any atom is -0.497 e. The summed E-state index contributed by atoms with van der Waals surface area (Å²) in [6, 6.07) is 3.96. The maximum absolute atomic E-state index is 13.8. The van der Waals surface area contributed by atoms with E-state index in [9.17, 15) is 9.59 Å². The van der Waals surface area contributed by atoms with Gasteiger partial charge in [-0.25, -0.2) is 4.79 Å². The second-order valence-electron chi connectivity index (χ2n) is 10.3. The predicted octanol–water partition coefficient (Wildman–Crippen LogP) is 4.41. The molecule has 1 spiro atoms. The molecule has 1 aromatic rings. The Morgan fingerprint density at radius 1 is 1.17 bits per heavy atom. The quantitative estimate of drug-likeness (QED) is 0.619. The van der Waals surface area contributed by atoms with E-state index in [1.165, 1.54) is 0 Å². The molecule has 0 bridgehead atoms. The fourth-order valence-corrected chi connectivity index (χ4v) is 6.62. The molecule has 8 heteroatoms. The molecule has 2 saturated heterocycles. The summed E-state index contributed by atoms with van der Waals surface area (Å²) in [6.45, 7) is 10.4. The lowest BCUT2D eigenvalue weighted by Crippen LogP contribution is -2.54. The highest BCUT2D eigenvalue weighted by molar-refractivity contribution is 5.94. The number of likely N-dealkylation sites (N-methyl/N-ethyl adjacent to an activating group) is 1. The Morgan fingerprint density at radius 3 is 2.47 bits per heavy atom. The molecule has 5 rings (SSSR count). The van der Waals surface area contributed by atoms with Crippen molar-refractivity contribution in [2.24, 2.45) is 0 Å². The normalized spacial score (nSPS) is 24.9. The number of amides is 3. The average Bonchev–Trinajstić information content (AvgIpc) is 3.24. The van der Waals surface area contributed by atoms with Crippen molar-refractivity contribution in [3.63, 3.8) is 0 Å². The van der Waals surface area contributed by atoms with E-state index >= 15 is 0 Å². The number of carbonyl (C=O) groups excluding carboxylic acids is 2. The van der Waals surface area contributed by atoms with Crippen LogP contribution in [0, 0.1) is 0 Å². The highest BCUT2D eigenvalue weighted by Gasteiger charge is 2.55. The lowest BCUT2D eigenvalue weighted by molar-refractivity contribution is -0.129. The van der Waals surface area contributed by atoms with E-state index in [0.717, 1.165) is 39.7 Å². The molecule has 0 aromatic heterocycles. The van der Waals surface area contributed by atoms with Gasteiger partial charge >= 0.3 is 6.03 Å². The van der Waals surface area contributed by atoms with Crippen molar-refractivity contribution in [3.05, 3.63) is 46.4 Å². The summed E-state index contributed by atoms with van der Waals surface area (Å²) >= 11 is 0. The third-order valence-electron chi connectivity index (χ3n) is 8.34. The zero-order valence-corrected chi connectivity index (χ0v) is 22.2. The van der Waals surface area contributed by atoms with E-state index in [1.54, 1.807) is 14.2 Å². The molecule has 0 radical (unpaired) electrons. The molecule has 36 heavy (non-hydrogen) atoms. The Kier molecular flexibility index (Phi) is 6.17. The molecule has 0 aliphatic carbocycles. The van der Waals surface area contributed by atoms with Gasteiger partial charge in [0.05, 0.1) is 38.0 Å². The number of methoxy groups -OCH3 is 2. The first-order valence-electron chi connectivity index (χ1n) is 13.0. The number of likely N-dealkylation sites (tertiary alicyclic amines) is 1. The van der Waals surface area contributed by atoms with Crippen LogP contribution in [0.4, 0.5) is 4.79 Å². The van der Waals surface area contributed by atoms with Gasteiger partial charge in [-0.05, 0) is 45.2 Å². The zero-order chi connectivity index (χ0) is 25.8. The maximum atomic E-state index is 13.8. The zero-order valence-electron chi connectivity index (χ0n) is 22.2. The van der Waals surface area contributed by atoms with Crippen molar-refractivity contribution in [2.45, 2.75) is 71.1 Å². The van der Waals surface area contributed by atoms with Gasteiger partial charge in [-0.2, -0.15) is 0 Å². The van der Waals surface area contributed by atoms with Crippen LogP contribution in [0.1, 0.15) is 64.0 Å². The average molecular weight is 496 g/mol. The van der Waals surface area contributed by atoms with E-state index in [4.69, 9.17) is 14.2 Å². The number of carbonyl (C=O) groups is 2. The molecular formula is C28H37N3O5. The predicted molar refractivity (Wildman–Crippen MR) is 136 cm³/mol. The van der Waals surface area contributed by atoms with E-state index in [2.05, 4.69) is 13.0 Å². The van der Waals surface area contributed by atoms with Gasteiger partial charge in [0.25, 0.3) is 5.91 Å². The number of urea groups is 1. The summed E-state index contributed by atoms with van der Waals surface area (Å²) in [4.78, 5) is 33.0. The van der Waals surface area contributed by atoms with Crippen LogP contribution in [0.3, 0.4) is 0 Å². The molecular weight excluding hydrogens is 458 g/mol. The van der Waals surface area contributed by atoms with Gasteiger partial charge in [-0.3, -0.25) is 9.69 Å². The van der Waals surface area contributed by atoms with Crippen LogP contribution >= 0.6 is 0 Å². The van der Waals surface area contributed by atoms with Crippen molar-refractivity contribution in [2.75, 3.05) is 33.9 Å². The number of hydrogen-bond donors (Lipinski definition) is 0. The van der Waals surface area contributed by atoms with Gasteiger partial charge < -0.3 is 24.0 Å². The van der Waals surface area contributed by atoms with Crippen molar-refractivity contribution in [3.8, 4) is 11.5 Å². The van der Waals surface area contributed by atoms with E-state index in [-0.39, 0.29) is 24.0 Å². The molecule has 4 heterocycles. The minimum absolute atomic E-state index is 0.0296. The number of nitrogens with zero attached hydrogens (tertiary/aromatic N) is 3. The lowest BCUT2D eigenvalue weighted by atomic mass is 9.81. The summed E-state index contributed by atoms with van der Waals surface area (Å²) in [6.07, 6.45) is 4.38. The lowest BCUT2D eigenvalue weighted by Gasteiger charge is -2.44. The van der Waals surface area contributed by atoms with Gasteiger partial charge in [-0.1, -0.05) is 13.0 Å². The number of allylic oxidation sites excluding steroid dienone is 2. The van der Waals surface area contributed by atoms with Crippen LogP contribution in [-0.4, -0.2) is 72.1 Å². The van der Waals surface area contributed by atoms with E-state index in [1.807, 2.05) is 47.6 Å². The van der Waals surface area contributed by atoms with Gasteiger partial charge in [0, 0.05) is 49.3 Å².